The zero-order valence-corrected chi connectivity index (χ0v) is 15.9. The highest BCUT2D eigenvalue weighted by atomic mass is 35.5. The summed E-state index contributed by atoms with van der Waals surface area (Å²) in [6.45, 7) is 0. The van der Waals surface area contributed by atoms with Crippen LogP contribution in [0.15, 0.2) is 33.8 Å². The lowest BCUT2D eigenvalue weighted by atomic mass is 9.94. The fourth-order valence-electron chi connectivity index (χ4n) is 3.40. The van der Waals surface area contributed by atoms with E-state index in [1.54, 1.807) is 6.26 Å². The smallest absolute Gasteiger partial charge is 0.319 e. The molecule has 2 aliphatic rings. The van der Waals surface area contributed by atoms with Crippen LogP contribution < -0.4 is 10.6 Å². The molecule has 0 saturated heterocycles. The van der Waals surface area contributed by atoms with Crippen molar-refractivity contribution in [3.63, 3.8) is 0 Å². The van der Waals surface area contributed by atoms with E-state index < -0.39 is 26.9 Å². The van der Waals surface area contributed by atoms with Gasteiger partial charge in [0, 0.05) is 0 Å². The Morgan fingerprint density at radius 2 is 2.00 bits per heavy atom. The molecule has 0 unspecified atom stereocenters. The Morgan fingerprint density at radius 3 is 2.74 bits per heavy atom. The molecular weight excluding hydrogens is 392 g/mol. The summed E-state index contributed by atoms with van der Waals surface area (Å²) < 4.78 is 30.5. The summed E-state index contributed by atoms with van der Waals surface area (Å²) >= 11 is 6.01. The summed E-state index contributed by atoms with van der Waals surface area (Å²) in [5.41, 5.74) is 1.06. The molecule has 1 saturated carbocycles. The van der Waals surface area contributed by atoms with Gasteiger partial charge in [0.15, 0.2) is 15.6 Å². The van der Waals surface area contributed by atoms with Gasteiger partial charge in [-0.15, -0.1) is 0 Å². The van der Waals surface area contributed by atoms with Crippen molar-refractivity contribution in [1.82, 2.24) is 5.32 Å². The molecule has 3 N–H and O–H groups in total. The van der Waals surface area contributed by atoms with Gasteiger partial charge in [0.25, 0.3) is 0 Å². The Hall–Kier alpha value is -2.19. The number of anilines is 1. The lowest BCUT2D eigenvalue weighted by molar-refractivity contribution is 0.244. The van der Waals surface area contributed by atoms with Crippen LogP contribution in [0.4, 0.5) is 10.5 Å². The lowest BCUT2D eigenvalue weighted by Gasteiger charge is -2.22. The molecule has 144 valence electrons. The van der Waals surface area contributed by atoms with Gasteiger partial charge in [0.05, 0.1) is 28.3 Å². The predicted octanol–water partition coefficient (Wildman–Crippen LogP) is 3.77. The van der Waals surface area contributed by atoms with Crippen LogP contribution >= 0.6 is 11.6 Å². The summed E-state index contributed by atoms with van der Waals surface area (Å²) in [5.74, 6) is 0.195. The van der Waals surface area contributed by atoms with E-state index in [-0.39, 0.29) is 21.6 Å². The first kappa shape index (κ1) is 18.2. The number of fused-ring (bicyclic) bond motifs is 1. The van der Waals surface area contributed by atoms with Gasteiger partial charge in [-0.05, 0) is 55.9 Å². The minimum Gasteiger partial charge on any atom is -0.504 e. The van der Waals surface area contributed by atoms with Crippen LogP contribution in [-0.4, -0.2) is 24.8 Å². The third-order valence-electron chi connectivity index (χ3n) is 4.92. The Morgan fingerprint density at radius 1 is 1.22 bits per heavy atom. The van der Waals surface area contributed by atoms with Gasteiger partial charge in [-0.2, -0.15) is 0 Å². The Labute approximate surface area is 161 Å². The number of sulfone groups is 1. The molecule has 1 aromatic carbocycles. The van der Waals surface area contributed by atoms with Crippen molar-refractivity contribution < 1.29 is 22.7 Å². The van der Waals surface area contributed by atoms with Gasteiger partial charge in [0.2, 0.25) is 0 Å². The zero-order chi connectivity index (χ0) is 19.2. The van der Waals surface area contributed by atoms with E-state index in [9.17, 15) is 18.3 Å². The summed E-state index contributed by atoms with van der Waals surface area (Å²) in [6.07, 6.45) is 5.26. The molecular formula is C18H19ClN2O5S. The summed E-state index contributed by atoms with van der Waals surface area (Å²) in [4.78, 5) is 12.1. The Balaban J connectivity index is 1.54. The van der Waals surface area contributed by atoms with E-state index in [4.69, 9.17) is 16.0 Å². The highest BCUT2D eigenvalue weighted by molar-refractivity contribution is 7.92. The molecule has 0 bridgehead atoms. The first-order chi connectivity index (χ1) is 12.9. The Kier molecular flexibility index (Phi) is 4.55. The maximum atomic E-state index is 12.5. The molecule has 1 heterocycles. The maximum absolute atomic E-state index is 12.5. The number of nitrogens with one attached hydrogen (secondary N) is 2. The molecule has 7 nitrogen and oxygen atoms in total. The number of furan rings is 1. The fourth-order valence-corrected chi connectivity index (χ4v) is 5.69. The monoisotopic (exact) mass is 410 g/mol. The number of carbonyl (C=O) groups excluding carboxylic acids is 1. The molecule has 0 spiro atoms. The van der Waals surface area contributed by atoms with Crippen molar-refractivity contribution in [3.05, 3.63) is 40.8 Å². The van der Waals surface area contributed by atoms with Crippen molar-refractivity contribution in [3.8, 4) is 5.75 Å². The molecule has 4 rings (SSSR count). The maximum Gasteiger partial charge on any atom is 0.319 e. The second-order valence-corrected chi connectivity index (χ2v) is 9.44. The zero-order valence-electron chi connectivity index (χ0n) is 14.4. The number of urea groups is 1. The largest absolute Gasteiger partial charge is 0.504 e. The molecule has 1 aromatic heterocycles. The van der Waals surface area contributed by atoms with Crippen molar-refractivity contribution in [1.29, 1.82) is 0 Å². The molecule has 2 aromatic rings. The number of carbonyl (C=O) groups is 1. The van der Waals surface area contributed by atoms with Gasteiger partial charge < -0.3 is 20.2 Å². The predicted molar refractivity (Wildman–Crippen MR) is 99.9 cm³/mol. The van der Waals surface area contributed by atoms with E-state index in [1.165, 1.54) is 12.1 Å². The number of phenols is 1. The third-order valence-corrected chi connectivity index (χ3v) is 7.68. The van der Waals surface area contributed by atoms with Crippen LogP contribution in [0.5, 0.6) is 5.75 Å². The number of aromatic hydroxyl groups is 1. The summed E-state index contributed by atoms with van der Waals surface area (Å²) in [6, 6.07) is 3.80. The third kappa shape index (κ3) is 3.39. The highest BCUT2D eigenvalue weighted by Crippen LogP contribution is 2.43. The van der Waals surface area contributed by atoms with Crippen LogP contribution in [-0.2, 0) is 16.3 Å². The van der Waals surface area contributed by atoms with E-state index in [0.29, 0.717) is 12.8 Å². The normalized spacial score (nSPS) is 19.4. The number of hydrogen-bond acceptors (Lipinski definition) is 5. The van der Waals surface area contributed by atoms with Gasteiger partial charge in [-0.3, -0.25) is 0 Å². The number of phenolic OH excluding ortho intramolecular Hbond substituents is 1. The number of rotatable bonds is 4. The van der Waals surface area contributed by atoms with Gasteiger partial charge >= 0.3 is 6.03 Å². The number of benzene rings is 1. The van der Waals surface area contributed by atoms with Gasteiger partial charge in [0.1, 0.15) is 10.7 Å². The highest BCUT2D eigenvalue weighted by Gasteiger charge is 2.40. The van der Waals surface area contributed by atoms with Crippen LogP contribution in [0.2, 0.25) is 5.02 Å². The molecule has 27 heavy (non-hydrogen) atoms. The fraction of sp³-hybridized carbons (Fsp3) is 0.389. The average molecular weight is 411 g/mol. The summed E-state index contributed by atoms with van der Waals surface area (Å²) in [7, 11) is -3.71. The molecule has 1 atom stereocenters. The van der Waals surface area contributed by atoms with E-state index >= 15 is 0 Å². The SMILES string of the molecule is O=C(Nc1ccc(Cl)c(S(=O)(=O)C2CC2)c1O)N[C@H]1CCCc2ccoc21. The quantitative estimate of drug-likeness (QED) is 0.664. The molecule has 9 heteroatoms. The van der Waals surface area contributed by atoms with Gasteiger partial charge in [-0.1, -0.05) is 11.6 Å². The summed E-state index contributed by atoms with van der Waals surface area (Å²) in [5, 5.41) is 15.2. The first-order valence-corrected chi connectivity index (χ1v) is 10.7. The molecule has 1 fully saturated rings. The van der Waals surface area contributed by atoms with Crippen molar-refractivity contribution in [2.45, 2.75) is 48.3 Å². The second kappa shape index (κ2) is 6.76. The molecule has 2 aliphatic carbocycles. The van der Waals surface area contributed by atoms with Crippen molar-refractivity contribution in [2.24, 2.45) is 0 Å². The minimum absolute atomic E-state index is 0.00778. The minimum atomic E-state index is -3.71. The Bertz CT molecular complexity index is 997. The second-order valence-electron chi connectivity index (χ2n) is 6.87. The van der Waals surface area contributed by atoms with Crippen LogP contribution in [0, 0.1) is 0 Å². The molecule has 0 radical (unpaired) electrons. The number of amides is 2. The lowest BCUT2D eigenvalue weighted by Crippen LogP contribution is -2.34. The van der Waals surface area contributed by atoms with Crippen LogP contribution in [0.1, 0.15) is 43.0 Å². The number of hydrogen-bond donors (Lipinski definition) is 3. The van der Waals surface area contributed by atoms with E-state index in [0.717, 1.165) is 30.6 Å². The van der Waals surface area contributed by atoms with Crippen LogP contribution in [0.3, 0.4) is 0 Å². The first-order valence-electron chi connectivity index (χ1n) is 8.77. The molecule has 0 aliphatic heterocycles. The topological polar surface area (TPSA) is 109 Å². The molecule has 2 amide bonds. The number of aryl methyl sites for hydroxylation is 1. The standard InChI is InChI=1S/C18H19ClN2O5S/c19-12-6-7-13(15(22)17(12)27(24,25)11-4-5-11)20-18(23)21-14-3-1-2-10-8-9-26-16(10)14/h6-9,11,14,22H,1-5H2,(H2,20,21,23)/t14-/m0/s1. The van der Waals surface area contributed by atoms with E-state index in [1.807, 2.05) is 6.07 Å². The average Bonchev–Trinajstić information content (AvgIpc) is 3.36. The number of halogens is 1. The van der Waals surface area contributed by atoms with Crippen molar-refractivity contribution >= 4 is 33.2 Å². The van der Waals surface area contributed by atoms with E-state index in [2.05, 4.69) is 10.6 Å². The van der Waals surface area contributed by atoms with Gasteiger partial charge in [-0.25, -0.2) is 13.2 Å². The van der Waals surface area contributed by atoms with Crippen molar-refractivity contribution in [2.75, 3.05) is 5.32 Å². The van der Waals surface area contributed by atoms with Crippen LogP contribution in [0.25, 0.3) is 0 Å².